The van der Waals surface area contributed by atoms with Crippen molar-refractivity contribution in [3.63, 3.8) is 0 Å². The first-order chi connectivity index (χ1) is 11.2. The average Bonchev–Trinajstić information content (AvgIpc) is 2.58. The van der Waals surface area contributed by atoms with E-state index in [0.29, 0.717) is 0 Å². The number of unbranched alkanes of at least 4 members (excludes halogenated alkanes) is 11. The van der Waals surface area contributed by atoms with Crippen LogP contribution in [0.1, 0.15) is 97.3 Å². The first kappa shape index (κ1) is 23.1. The van der Waals surface area contributed by atoms with Gasteiger partial charge in [0, 0.05) is 26.9 Å². The van der Waals surface area contributed by atoms with E-state index >= 15 is 0 Å². The molecule has 0 saturated carbocycles. The second kappa shape index (κ2) is 16.9. The van der Waals surface area contributed by atoms with Gasteiger partial charge in [-0.2, -0.15) is 0 Å². The predicted molar refractivity (Wildman–Crippen MR) is 102 cm³/mol. The molecule has 0 aromatic rings. The summed E-state index contributed by atoms with van der Waals surface area (Å²) in [5.41, 5.74) is 0. The van der Waals surface area contributed by atoms with Crippen LogP contribution in [-0.4, -0.2) is 29.6 Å². The van der Waals surface area contributed by atoms with Crippen molar-refractivity contribution in [2.24, 2.45) is 0 Å². The fourth-order valence-corrected chi connectivity index (χ4v) is 4.98. The van der Waals surface area contributed by atoms with Gasteiger partial charge in [0.2, 0.25) is 0 Å². The van der Waals surface area contributed by atoms with Gasteiger partial charge in [0.15, 0.2) is 0 Å². The van der Waals surface area contributed by atoms with Gasteiger partial charge in [-0.05, 0) is 12.8 Å². The van der Waals surface area contributed by atoms with Gasteiger partial charge in [-0.1, -0.05) is 84.5 Å². The summed E-state index contributed by atoms with van der Waals surface area (Å²) in [6.45, 7) is 5.31. The van der Waals surface area contributed by atoms with Crippen LogP contribution < -0.4 is 0 Å². The van der Waals surface area contributed by atoms with Crippen molar-refractivity contribution in [2.75, 3.05) is 20.8 Å². The average molecular weight is 347 g/mol. The van der Waals surface area contributed by atoms with Crippen LogP contribution in [0.2, 0.25) is 6.04 Å². The second-order valence-corrected chi connectivity index (χ2v) is 9.55. The summed E-state index contributed by atoms with van der Waals surface area (Å²) in [6.07, 6.45) is 16.9. The summed E-state index contributed by atoms with van der Waals surface area (Å²) < 4.78 is 17.4. The highest BCUT2D eigenvalue weighted by Crippen LogP contribution is 2.20. The highest BCUT2D eigenvalue weighted by atomic mass is 28.4. The summed E-state index contributed by atoms with van der Waals surface area (Å²) in [5, 5.41) is 0. The van der Waals surface area contributed by atoms with Crippen LogP contribution in [0.5, 0.6) is 0 Å². The molecule has 0 spiro atoms. The van der Waals surface area contributed by atoms with Crippen LogP contribution in [-0.2, 0) is 13.3 Å². The molecule has 0 unspecified atom stereocenters. The van der Waals surface area contributed by atoms with Crippen molar-refractivity contribution in [3.8, 4) is 0 Å². The van der Waals surface area contributed by atoms with E-state index in [1.54, 1.807) is 14.2 Å². The van der Waals surface area contributed by atoms with E-state index in [-0.39, 0.29) is 0 Å². The van der Waals surface area contributed by atoms with Crippen LogP contribution in [0.4, 0.5) is 0 Å². The fourth-order valence-electron chi connectivity index (χ4n) is 2.89. The third-order valence-electron chi connectivity index (χ3n) is 4.53. The number of hydrogen-bond donors (Lipinski definition) is 0. The lowest BCUT2D eigenvalue weighted by atomic mass is 10.1. The Morgan fingerprint density at radius 1 is 0.565 bits per heavy atom. The molecule has 0 aliphatic rings. The van der Waals surface area contributed by atoms with Gasteiger partial charge in [-0.15, -0.1) is 0 Å². The smallest absolute Gasteiger partial charge is 0.377 e. The largest absolute Gasteiger partial charge is 0.500 e. The molecule has 3 nitrogen and oxygen atoms in total. The maximum absolute atomic E-state index is 6.08. The maximum atomic E-state index is 6.08. The molecule has 0 aliphatic heterocycles. The Morgan fingerprint density at radius 3 is 1.48 bits per heavy atom. The molecule has 0 radical (unpaired) electrons. The van der Waals surface area contributed by atoms with Gasteiger partial charge in [0.05, 0.1) is 0 Å². The quantitative estimate of drug-likeness (QED) is 0.214. The molecule has 23 heavy (non-hydrogen) atoms. The minimum atomic E-state index is -2.39. The molecule has 4 heteroatoms. The lowest BCUT2D eigenvalue weighted by Gasteiger charge is -2.26. The Morgan fingerprint density at radius 2 is 1.00 bits per heavy atom. The molecule has 0 aromatic heterocycles. The lowest BCUT2D eigenvalue weighted by Crippen LogP contribution is -2.44. The van der Waals surface area contributed by atoms with Gasteiger partial charge < -0.3 is 13.3 Å². The molecule has 0 N–H and O–H groups in total. The minimum Gasteiger partial charge on any atom is -0.377 e. The van der Waals surface area contributed by atoms with Gasteiger partial charge >= 0.3 is 8.80 Å². The highest BCUT2D eigenvalue weighted by Gasteiger charge is 2.37. The summed E-state index contributed by atoms with van der Waals surface area (Å²) in [6, 6.07) is 0.961. The van der Waals surface area contributed by atoms with Crippen molar-refractivity contribution in [2.45, 2.75) is 103 Å². The van der Waals surface area contributed by atoms with Crippen LogP contribution in [0, 0.1) is 0 Å². The van der Waals surface area contributed by atoms with Crippen molar-refractivity contribution in [1.82, 2.24) is 0 Å². The van der Waals surface area contributed by atoms with Gasteiger partial charge in [0.1, 0.15) is 0 Å². The van der Waals surface area contributed by atoms with Crippen molar-refractivity contribution in [3.05, 3.63) is 0 Å². The first-order valence-electron chi connectivity index (χ1n) is 9.99. The van der Waals surface area contributed by atoms with Crippen LogP contribution in [0.3, 0.4) is 0 Å². The van der Waals surface area contributed by atoms with E-state index in [9.17, 15) is 0 Å². The van der Waals surface area contributed by atoms with E-state index in [2.05, 4.69) is 13.8 Å². The molecule has 0 rings (SSSR count). The Labute approximate surface area is 146 Å². The molecule has 0 atom stereocenters. The third-order valence-corrected chi connectivity index (χ3v) is 7.38. The third kappa shape index (κ3) is 13.1. The summed E-state index contributed by atoms with van der Waals surface area (Å²) >= 11 is 0. The molecule has 0 aromatic carbocycles. The molecular formula is C19H42O3Si. The van der Waals surface area contributed by atoms with Gasteiger partial charge in [-0.25, -0.2) is 0 Å². The fraction of sp³-hybridized carbons (Fsp3) is 1.00. The van der Waals surface area contributed by atoms with E-state index in [4.69, 9.17) is 13.3 Å². The predicted octanol–water partition coefficient (Wildman–Crippen LogP) is 6.35. The van der Waals surface area contributed by atoms with Crippen LogP contribution in [0.15, 0.2) is 0 Å². The van der Waals surface area contributed by atoms with Gasteiger partial charge in [0.25, 0.3) is 0 Å². The topological polar surface area (TPSA) is 27.7 Å². The first-order valence-corrected chi connectivity index (χ1v) is 11.9. The Hall–Kier alpha value is 0.0969. The van der Waals surface area contributed by atoms with E-state index < -0.39 is 8.80 Å². The maximum Gasteiger partial charge on any atom is 0.500 e. The summed E-state index contributed by atoms with van der Waals surface area (Å²) in [4.78, 5) is 0. The van der Waals surface area contributed by atoms with Crippen molar-refractivity contribution < 1.29 is 13.3 Å². The summed E-state index contributed by atoms with van der Waals surface area (Å²) in [5.74, 6) is 0. The molecule has 0 fully saturated rings. The standard InChI is InChI=1S/C19H42O3Si/c1-5-7-9-11-13-14-16-18-22-23(20-3,21-4)19-17-15-12-10-8-6-2/h5-19H2,1-4H3. The van der Waals surface area contributed by atoms with Crippen molar-refractivity contribution in [1.29, 1.82) is 0 Å². The molecule has 140 valence electrons. The minimum absolute atomic E-state index is 0.789. The zero-order chi connectivity index (χ0) is 17.2. The van der Waals surface area contributed by atoms with E-state index in [1.165, 1.54) is 70.6 Å². The van der Waals surface area contributed by atoms with Crippen molar-refractivity contribution >= 4 is 8.80 Å². The molecule has 0 heterocycles. The molecule has 0 bridgehead atoms. The number of rotatable bonds is 18. The highest BCUT2D eigenvalue weighted by molar-refractivity contribution is 6.60. The van der Waals surface area contributed by atoms with Crippen LogP contribution in [0.25, 0.3) is 0 Å². The lowest BCUT2D eigenvalue weighted by molar-refractivity contribution is 0.0955. The SMILES string of the molecule is CCCCCCCCCO[Si](CCCCCCCC)(OC)OC. The van der Waals surface area contributed by atoms with E-state index in [0.717, 1.165) is 25.5 Å². The Bertz CT molecular complexity index is 233. The van der Waals surface area contributed by atoms with Gasteiger partial charge in [-0.3, -0.25) is 0 Å². The molecule has 0 saturated heterocycles. The summed E-state index contributed by atoms with van der Waals surface area (Å²) in [7, 11) is 1.10. The monoisotopic (exact) mass is 346 g/mol. The van der Waals surface area contributed by atoms with E-state index in [1.807, 2.05) is 0 Å². The van der Waals surface area contributed by atoms with Crippen LogP contribution >= 0.6 is 0 Å². The Balaban J connectivity index is 3.73. The normalized spacial score (nSPS) is 12.0. The zero-order valence-corrected chi connectivity index (χ0v) is 17.3. The number of hydrogen-bond acceptors (Lipinski definition) is 3. The Kier molecular flexibility index (Phi) is 17.0. The molecule has 0 aliphatic carbocycles. The second-order valence-electron chi connectivity index (χ2n) is 6.58. The zero-order valence-electron chi connectivity index (χ0n) is 16.3. The molecular weight excluding hydrogens is 304 g/mol. The molecule has 0 amide bonds.